The van der Waals surface area contributed by atoms with Crippen molar-refractivity contribution in [3.63, 3.8) is 0 Å². The SMILES string of the molecule is O=C(NCc1ccc(N2CCCCC2)nc1)NC1CCC(C(=O)O)CC1. The Balaban J connectivity index is 1.39. The van der Waals surface area contributed by atoms with E-state index in [0.717, 1.165) is 37.3 Å². The van der Waals surface area contributed by atoms with Crippen molar-refractivity contribution in [1.29, 1.82) is 0 Å². The third kappa shape index (κ3) is 5.09. The summed E-state index contributed by atoms with van der Waals surface area (Å²) in [5.74, 6) is 0.0158. The van der Waals surface area contributed by atoms with E-state index < -0.39 is 5.97 Å². The first-order valence-corrected chi connectivity index (χ1v) is 9.59. The lowest BCUT2D eigenvalue weighted by Gasteiger charge is -2.27. The molecule has 2 fully saturated rings. The van der Waals surface area contributed by atoms with E-state index in [9.17, 15) is 9.59 Å². The number of carbonyl (C=O) groups excluding carboxylic acids is 1. The normalized spacial score (nSPS) is 23.3. The van der Waals surface area contributed by atoms with Gasteiger partial charge in [0.15, 0.2) is 0 Å². The van der Waals surface area contributed by atoms with Gasteiger partial charge in [0.25, 0.3) is 0 Å². The summed E-state index contributed by atoms with van der Waals surface area (Å²) < 4.78 is 0. The number of rotatable bonds is 5. The molecule has 2 aliphatic rings. The highest BCUT2D eigenvalue weighted by molar-refractivity contribution is 5.74. The Morgan fingerprint density at radius 2 is 1.85 bits per heavy atom. The number of nitrogens with zero attached hydrogens (tertiary/aromatic N) is 2. The van der Waals surface area contributed by atoms with Crippen LogP contribution in [-0.4, -0.2) is 41.2 Å². The van der Waals surface area contributed by atoms with Crippen molar-refractivity contribution in [2.24, 2.45) is 5.92 Å². The van der Waals surface area contributed by atoms with Gasteiger partial charge in [0.1, 0.15) is 5.82 Å². The minimum absolute atomic E-state index is 0.0604. The Hall–Kier alpha value is -2.31. The van der Waals surface area contributed by atoms with Gasteiger partial charge >= 0.3 is 12.0 Å². The maximum absolute atomic E-state index is 12.0. The van der Waals surface area contributed by atoms with Crippen molar-refractivity contribution >= 4 is 17.8 Å². The van der Waals surface area contributed by atoms with Crippen LogP contribution >= 0.6 is 0 Å². The zero-order chi connectivity index (χ0) is 18.4. The van der Waals surface area contributed by atoms with Crippen molar-refractivity contribution in [2.45, 2.75) is 57.5 Å². The van der Waals surface area contributed by atoms with E-state index in [1.54, 1.807) is 0 Å². The molecular formula is C19H28N4O3. The van der Waals surface area contributed by atoms with Gasteiger partial charge in [-0.15, -0.1) is 0 Å². The van der Waals surface area contributed by atoms with Gasteiger partial charge < -0.3 is 20.6 Å². The molecule has 1 aromatic rings. The zero-order valence-electron chi connectivity index (χ0n) is 15.1. The molecule has 1 saturated carbocycles. The van der Waals surface area contributed by atoms with Crippen LogP contribution in [0.25, 0.3) is 0 Å². The number of aliphatic carboxylic acids is 1. The fourth-order valence-corrected chi connectivity index (χ4v) is 3.73. The minimum Gasteiger partial charge on any atom is -0.481 e. The van der Waals surface area contributed by atoms with Gasteiger partial charge in [-0.3, -0.25) is 4.79 Å². The topological polar surface area (TPSA) is 94.6 Å². The molecule has 0 bridgehead atoms. The van der Waals surface area contributed by atoms with Crippen molar-refractivity contribution in [3.05, 3.63) is 23.9 Å². The van der Waals surface area contributed by atoms with Crippen molar-refractivity contribution in [2.75, 3.05) is 18.0 Å². The van der Waals surface area contributed by atoms with Gasteiger partial charge in [0.05, 0.1) is 5.92 Å². The molecule has 2 amide bonds. The number of amides is 2. The molecular weight excluding hydrogens is 332 g/mol. The lowest BCUT2D eigenvalue weighted by Crippen LogP contribution is -2.43. The van der Waals surface area contributed by atoms with Crippen LogP contribution in [0, 0.1) is 5.92 Å². The molecule has 0 spiro atoms. The summed E-state index contributed by atoms with van der Waals surface area (Å²) in [6.07, 6.45) is 8.25. The molecule has 0 aromatic carbocycles. The standard InChI is InChI=1S/C19H28N4O3/c24-18(25)15-5-7-16(8-6-15)22-19(26)21-13-14-4-9-17(20-12-14)23-10-2-1-3-11-23/h4,9,12,15-16H,1-3,5-8,10-11,13H2,(H,24,25)(H2,21,22,26). The Morgan fingerprint density at radius 1 is 1.12 bits per heavy atom. The van der Waals surface area contributed by atoms with E-state index in [1.165, 1.54) is 19.3 Å². The number of urea groups is 1. The molecule has 1 saturated heterocycles. The van der Waals surface area contributed by atoms with Crippen LogP contribution in [-0.2, 0) is 11.3 Å². The molecule has 3 N–H and O–H groups in total. The predicted molar refractivity (Wildman–Crippen MR) is 99.1 cm³/mol. The maximum Gasteiger partial charge on any atom is 0.315 e. The zero-order valence-corrected chi connectivity index (χ0v) is 15.1. The number of nitrogens with one attached hydrogen (secondary N) is 2. The lowest BCUT2D eigenvalue weighted by molar-refractivity contribution is -0.142. The van der Waals surface area contributed by atoms with E-state index in [0.29, 0.717) is 19.4 Å². The number of anilines is 1. The van der Waals surface area contributed by atoms with Crippen LogP contribution in [0.3, 0.4) is 0 Å². The Bertz CT molecular complexity index is 606. The van der Waals surface area contributed by atoms with Gasteiger partial charge in [0, 0.05) is 31.9 Å². The summed E-state index contributed by atoms with van der Waals surface area (Å²) in [5, 5.41) is 14.8. The molecule has 0 unspecified atom stereocenters. The van der Waals surface area contributed by atoms with Crippen LogP contribution in [0.15, 0.2) is 18.3 Å². The van der Waals surface area contributed by atoms with Gasteiger partial charge in [-0.25, -0.2) is 9.78 Å². The summed E-state index contributed by atoms with van der Waals surface area (Å²) in [6.45, 7) is 2.57. The van der Waals surface area contributed by atoms with E-state index in [4.69, 9.17) is 5.11 Å². The third-order valence-electron chi connectivity index (χ3n) is 5.35. The van der Waals surface area contributed by atoms with Crippen LogP contribution in [0.4, 0.5) is 10.6 Å². The van der Waals surface area contributed by atoms with Gasteiger partial charge in [-0.2, -0.15) is 0 Å². The van der Waals surface area contributed by atoms with Gasteiger partial charge in [-0.1, -0.05) is 6.07 Å². The quantitative estimate of drug-likeness (QED) is 0.750. The van der Waals surface area contributed by atoms with Crippen LogP contribution in [0.1, 0.15) is 50.5 Å². The second-order valence-corrected chi connectivity index (χ2v) is 7.29. The largest absolute Gasteiger partial charge is 0.481 e. The maximum atomic E-state index is 12.0. The summed E-state index contributed by atoms with van der Waals surface area (Å²) >= 11 is 0. The number of hydrogen-bond donors (Lipinski definition) is 3. The van der Waals surface area contributed by atoms with Gasteiger partial charge in [-0.05, 0) is 56.6 Å². The number of carboxylic acids is 1. The fraction of sp³-hybridized carbons (Fsp3) is 0.632. The summed E-state index contributed by atoms with van der Waals surface area (Å²) in [6, 6.07) is 3.89. The van der Waals surface area contributed by atoms with Crippen molar-refractivity contribution in [3.8, 4) is 0 Å². The van der Waals surface area contributed by atoms with E-state index in [-0.39, 0.29) is 18.0 Å². The summed E-state index contributed by atoms with van der Waals surface area (Å²) in [7, 11) is 0. The fourth-order valence-electron chi connectivity index (χ4n) is 3.73. The van der Waals surface area contributed by atoms with Gasteiger partial charge in [0.2, 0.25) is 0 Å². The molecule has 1 aromatic heterocycles. The molecule has 7 heteroatoms. The number of carboxylic acid groups (broad SMARTS) is 1. The van der Waals surface area contributed by atoms with Crippen LogP contribution in [0.2, 0.25) is 0 Å². The molecule has 26 heavy (non-hydrogen) atoms. The average molecular weight is 360 g/mol. The summed E-state index contributed by atoms with van der Waals surface area (Å²) in [5.41, 5.74) is 0.968. The summed E-state index contributed by atoms with van der Waals surface area (Å²) in [4.78, 5) is 29.8. The molecule has 1 aliphatic carbocycles. The molecule has 142 valence electrons. The highest BCUT2D eigenvalue weighted by atomic mass is 16.4. The highest BCUT2D eigenvalue weighted by Gasteiger charge is 2.26. The smallest absolute Gasteiger partial charge is 0.315 e. The number of piperidine rings is 1. The number of hydrogen-bond acceptors (Lipinski definition) is 4. The van der Waals surface area contributed by atoms with E-state index >= 15 is 0 Å². The monoisotopic (exact) mass is 360 g/mol. The lowest BCUT2D eigenvalue weighted by atomic mass is 9.86. The molecule has 7 nitrogen and oxygen atoms in total. The van der Waals surface area contributed by atoms with Crippen molar-refractivity contribution in [1.82, 2.24) is 15.6 Å². The van der Waals surface area contributed by atoms with Crippen LogP contribution in [0.5, 0.6) is 0 Å². The Kier molecular flexibility index (Phi) is 6.30. The van der Waals surface area contributed by atoms with E-state index in [2.05, 4.69) is 20.5 Å². The second-order valence-electron chi connectivity index (χ2n) is 7.29. The van der Waals surface area contributed by atoms with Crippen molar-refractivity contribution < 1.29 is 14.7 Å². The van der Waals surface area contributed by atoms with Crippen LogP contribution < -0.4 is 15.5 Å². The molecule has 3 rings (SSSR count). The second kappa shape index (κ2) is 8.87. The molecule has 0 radical (unpaired) electrons. The minimum atomic E-state index is -0.728. The number of aromatic nitrogens is 1. The average Bonchev–Trinajstić information content (AvgIpc) is 2.68. The first-order valence-electron chi connectivity index (χ1n) is 9.59. The number of carbonyl (C=O) groups is 2. The molecule has 1 aliphatic heterocycles. The first-order chi connectivity index (χ1) is 12.6. The first kappa shape index (κ1) is 18.5. The predicted octanol–water partition coefficient (Wildman–Crippen LogP) is 2.51. The number of pyridine rings is 1. The van der Waals surface area contributed by atoms with E-state index in [1.807, 2.05) is 18.3 Å². The Morgan fingerprint density at radius 3 is 2.46 bits per heavy atom. The highest BCUT2D eigenvalue weighted by Crippen LogP contribution is 2.24. The Labute approximate surface area is 154 Å². The molecule has 0 atom stereocenters. The molecule has 2 heterocycles. The third-order valence-corrected chi connectivity index (χ3v) is 5.35.